The number of halogens is 4. The fourth-order valence-electron chi connectivity index (χ4n) is 1.87. The third-order valence-corrected chi connectivity index (χ3v) is 4.28. The molecule has 2 rings (SSSR count). The maximum Gasteiger partial charge on any atom is 0.148 e. The van der Waals surface area contributed by atoms with Gasteiger partial charge in [-0.15, -0.1) is 0 Å². The SMILES string of the molecule is NCCc1cc(Br)c(OCc2cc(Cl)ccc2F)c(Br)c1. The van der Waals surface area contributed by atoms with Crippen molar-refractivity contribution in [2.24, 2.45) is 5.73 Å². The second-order valence-corrected chi connectivity index (χ2v) is 6.60. The summed E-state index contributed by atoms with van der Waals surface area (Å²) in [5, 5.41) is 0.478. The highest BCUT2D eigenvalue weighted by molar-refractivity contribution is 9.11. The van der Waals surface area contributed by atoms with E-state index in [9.17, 15) is 4.39 Å². The lowest BCUT2D eigenvalue weighted by atomic mass is 10.1. The van der Waals surface area contributed by atoms with Crippen LogP contribution < -0.4 is 10.5 Å². The van der Waals surface area contributed by atoms with E-state index in [2.05, 4.69) is 31.9 Å². The van der Waals surface area contributed by atoms with Gasteiger partial charge >= 0.3 is 0 Å². The number of ether oxygens (including phenoxy) is 1. The van der Waals surface area contributed by atoms with Crippen LogP contribution in [0.15, 0.2) is 39.3 Å². The second-order valence-electron chi connectivity index (χ2n) is 4.45. The Hall–Kier alpha value is -0.620. The van der Waals surface area contributed by atoms with Crippen LogP contribution >= 0.6 is 43.5 Å². The number of benzene rings is 2. The van der Waals surface area contributed by atoms with Crippen molar-refractivity contribution in [1.82, 2.24) is 0 Å². The van der Waals surface area contributed by atoms with Crippen LogP contribution in [0.2, 0.25) is 5.02 Å². The fourth-order valence-corrected chi connectivity index (χ4v) is 3.57. The van der Waals surface area contributed by atoms with Gasteiger partial charge in [-0.3, -0.25) is 0 Å². The fraction of sp³-hybridized carbons (Fsp3) is 0.200. The Bertz CT molecular complexity index is 629. The highest BCUT2D eigenvalue weighted by Gasteiger charge is 2.11. The lowest BCUT2D eigenvalue weighted by Gasteiger charge is -2.13. The van der Waals surface area contributed by atoms with Crippen LogP contribution in [0.1, 0.15) is 11.1 Å². The lowest BCUT2D eigenvalue weighted by molar-refractivity contribution is 0.296. The van der Waals surface area contributed by atoms with Crippen LogP contribution in [-0.4, -0.2) is 6.54 Å². The molecule has 0 fully saturated rings. The molecule has 0 aliphatic rings. The van der Waals surface area contributed by atoms with E-state index in [1.54, 1.807) is 6.07 Å². The van der Waals surface area contributed by atoms with Crippen LogP contribution in [0.3, 0.4) is 0 Å². The van der Waals surface area contributed by atoms with Gasteiger partial charge in [0.15, 0.2) is 0 Å². The average molecular weight is 438 g/mol. The van der Waals surface area contributed by atoms with Gasteiger partial charge in [-0.05, 0) is 80.7 Å². The Morgan fingerprint density at radius 2 is 1.81 bits per heavy atom. The summed E-state index contributed by atoms with van der Waals surface area (Å²) < 4.78 is 20.9. The summed E-state index contributed by atoms with van der Waals surface area (Å²) in [6.07, 6.45) is 0.778. The van der Waals surface area contributed by atoms with Crippen molar-refractivity contribution >= 4 is 43.5 Å². The third kappa shape index (κ3) is 4.42. The summed E-state index contributed by atoms with van der Waals surface area (Å²) >= 11 is 12.8. The summed E-state index contributed by atoms with van der Waals surface area (Å²) in [6.45, 7) is 0.673. The maximum atomic E-state index is 13.7. The van der Waals surface area contributed by atoms with Gasteiger partial charge in [-0.2, -0.15) is 0 Å². The van der Waals surface area contributed by atoms with Gasteiger partial charge in [0.1, 0.15) is 18.2 Å². The average Bonchev–Trinajstić information content (AvgIpc) is 2.42. The number of rotatable bonds is 5. The summed E-state index contributed by atoms with van der Waals surface area (Å²) in [5.41, 5.74) is 7.05. The Morgan fingerprint density at radius 3 is 2.43 bits per heavy atom. The molecular weight excluding hydrogens is 424 g/mol. The minimum Gasteiger partial charge on any atom is -0.486 e. The molecule has 21 heavy (non-hydrogen) atoms. The zero-order chi connectivity index (χ0) is 15.4. The molecular formula is C15H13Br2ClFNO. The molecule has 0 bridgehead atoms. The molecule has 0 spiro atoms. The molecule has 0 aliphatic heterocycles. The predicted molar refractivity (Wildman–Crippen MR) is 90.3 cm³/mol. The minimum atomic E-state index is -0.341. The van der Waals surface area contributed by atoms with Gasteiger partial charge in [-0.25, -0.2) is 4.39 Å². The molecule has 0 aromatic heterocycles. The highest BCUT2D eigenvalue weighted by Crippen LogP contribution is 2.35. The standard InChI is InChI=1S/C15H13Br2ClFNO/c16-12-5-9(3-4-20)6-13(17)15(12)21-8-10-7-11(18)1-2-14(10)19/h1-2,5-7H,3-4,8,20H2. The van der Waals surface area contributed by atoms with Crippen molar-refractivity contribution < 1.29 is 9.13 Å². The zero-order valence-corrected chi connectivity index (χ0v) is 14.9. The van der Waals surface area contributed by atoms with Gasteiger partial charge < -0.3 is 10.5 Å². The number of hydrogen-bond acceptors (Lipinski definition) is 2. The first-order valence-corrected chi connectivity index (χ1v) is 8.22. The van der Waals surface area contributed by atoms with E-state index in [4.69, 9.17) is 22.1 Å². The van der Waals surface area contributed by atoms with E-state index in [1.807, 2.05) is 12.1 Å². The summed E-state index contributed by atoms with van der Waals surface area (Å²) in [5.74, 6) is 0.279. The number of nitrogens with two attached hydrogens (primary N) is 1. The van der Waals surface area contributed by atoms with E-state index >= 15 is 0 Å². The molecule has 2 aromatic rings. The first-order valence-electron chi connectivity index (χ1n) is 6.26. The summed E-state index contributed by atoms with van der Waals surface area (Å²) in [4.78, 5) is 0. The second kappa shape index (κ2) is 7.58. The van der Waals surface area contributed by atoms with Crippen molar-refractivity contribution in [3.63, 3.8) is 0 Å². The molecule has 0 heterocycles. The van der Waals surface area contributed by atoms with Gasteiger partial charge in [0.05, 0.1) is 8.95 Å². The zero-order valence-electron chi connectivity index (χ0n) is 11.0. The molecule has 112 valence electrons. The van der Waals surface area contributed by atoms with E-state index < -0.39 is 0 Å². The number of hydrogen-bond donors (Lipinski definition) is 1. The molecule has 2 N–H and O–H groups in total. The molecule has 2 aromatic carbocycles. The molecule has 0 unspecified atom stereocenters. The largest absolute Gasteiger partial charge is 0.486 e. The Labute approximate surface area is 144 Å². The minimum absolute atomic E-state index is 0.0971. The molecule has 0 amide bonds. The molecule has 0 radical (unpaired) electrons. The summed E-state index contributed by atoms with van der Waals surface area (Å²) in [7, 11) is 0. The van der Waals surface area contributed by atoms with E-state index in [1.165, 1.54) is 12.1 Å². The molecule has 0 saturated heterocycles. The highest BCUT2D eigenvalue weighted by atomic mass is 79.9. The van der Waals surface area contributed by atoms with Crippen LogP contribution in [0.25, 0.3) is 0 Å². The molecule has 6 heteroatoms. The van der Waals surface area contributed by atoms with Gasteiger partial charge in [0, 0.05) is 10.6 Å². The summed E-state index contributed by atoms with van der Waals surface area (Å²) in [6, 6.07) is 8.29. The lowest BCUT2D eigenvalue weighted by Crippen LogP contribution is -2.04. The molecule has 0 saturated carbocycles. The first-order chi connectivity index (χ1) is 10.0. The van der Waals surface area contributed by atoms with Gasteiger partial charge in [0.2, 0.25) is 0 Å². The van der Waals surface area contributed by atoms with Gasteiger partial charge in [-0.1, -0.05) is 11.6 Å². The topological polar surface area (TPSA) is 35.2 Å². The third-order valence-electron chi connectivity index (χ3n) is 2.87. The van der Waals surface area contributed by atoms with E-state index in [0.717, 1.165) is 20.9 Å². The van der Waals surface area contributed by atoms with Crippen LogP contribution in [0.5, 0.6) is 5.75 Å². The van der Waals surface area contributed by atoms with E-state index in [0.29, 0.717) is 22.9 Å². The predicted octanol–water partition coefficient (Wildman–Crippen LogP) is 5.08. The van der Waals surface area contributed by atoms with Crippen molar-refractivity contribution in [2.75, 3.05) is 6.54 Å². The molecule has 0 aliphatic carbocycles. The van der Waals surface area contributed by atoms with Crippen LogP contribution in [-0.2, 0) is 13.0 Å². The quantitative estimate of drug-likeness (QED) is 0.708. The van der Waals surface area contributed by atoms with Crippen molar-refractivity contribution in [1.29, 1.82) is 0 Å². The Kier molecular flexibility index (Phi) is 6.05. The van der Waals surface area contributed by atoms with Gasteiger partial charge in [0.25, 0.3) is 0 Å². The van der Waals surface area contributed by atoms with Crippen molar-refractivity contribution in [2.45, 2.75) is 13.0 Å². The van der Waals surface area contributed by atoms with E-state index in [-0.39, 0.29) is 12.4 Å². The van der Waals surface area contributed by atoms with Crippen molar-refractivity contribution in [3.05, 3.63) is 61.2 Å². The molecule has 2 nitrogen and oxygen atoms in total. The normalized spacial score (nSPS) is 10.7. The molecule has 0 atom stereocenters. The Balaban J connectivity index is 2.18. The maximum absolute atomic E-state index is 13.7. The smallest absolute Gasteiger partial charge is 0.148 e. The Morgan fingerprint density at radius 1 is 1.14 bits per heavy atom. The van der Waals surface area contributed by atoms with Crippen molar-refractivity contribution in [3.8, 4) is 5.75 Å². The first kappa shape index (κ1) is 16.7. The monoisotopic (exact) mass is 435 g/mol. The van der Waals surface area contributed by atoms with Crippen LogP contribution in [0.4, 0.5) is 4.39 Å². The van der Waals surface area contributed by atoms with Crippen LogP contribution in [0, 0.1) is 5.82 Å².